The molecule has 3 aromatic rings. The van der Waals surface area contributed by atoms with Crippen LogP contribution in [0.2, 0.25) is 0 Å². The van der Waals surface area contributed by atoms with Crippen LogP contribution in [0.25, 0.3) is 5.82 Å². The Hall–Kier alpha value is -3.44. The quantitative estimate of drug-likeness (QED) is 0.450. The fourth-order valence-corrected chi connectivity index (χ4v) is 6.12. The summed E-state index contributed by atoms with van der Waals surface area (Å²) < 4.78 is 24.2. The van der Waals surface area contributed by atoms with Gasteiger partial charge in [-0.25, -0.2) is 4.99 Å². The third-order valence-electron chi connectivity index (χ3n) is 7.11. The molecule has 3 aliphatic heterocycles. The molecular weight excluding hydrogens is 516 g/mol. The average Bonchev–Trinajstić information content (AvgIpc) is 3.67. The van der Waals surface area contributed by atoms with Crippen molar-refractivity contribution in [3.05, 3.63) is 81.0 Å². The van der Waals surface area contributed by atoms with Gasteiger partial charge in [-0.15, -0.1) is 11.3 Å². The number of methoxy groups -OCH3 is 1. The molecule has 3 aliphatic rings. The first-order valence-corrected chi connectivity index (χ1v) is 14.0. The van der Waals surface area contributed by atoms with Crippen LogP contribution >= 0.6 is 11.3 Å². The van der Waals surface area contributed by atoms with Gasteiger partial charge in [0, 0.05) is 43.7 Å². The van der Waals surface area contributed by atoms with E-state index in [4.69, 9.17) is 23.9 Å². The second-order valence-electron chi connectivity index (χ2n) is 9.54. The van der Waals surface area contributed by atoms with Gasteiger partial charge in [0.15, 0.2) is 6.23 Å². The Bertz CT molecular complexity index is 1430. The number of carbonyl (C=O) groups excluding carboxylic acids is 1. The molecule has 0 spiro atoms. The fourth-order valence-electron chi connectivity index (χ4n) is 5.15. The van der Waals surface area contributed by atoms with Crippen molar-refractivity contribution in [3.8, 4) is 11.5 Å². The molecule has 204 valence electrons. The van der Waals surface area contributed by atoms with Crippen molar-refractivity contribution in [1.82, 2.24) is 14.7 Å². The zero-order valence-electron chi connectivity index (χ0n) is 22.1. The first-order chi connectivity index (χ1) is 19.1. The first-order valence-electron chi connectivity index (χ1n) is 13.2. The Kier molecular flexibility index (Phi) is 7.51. The summed E-state index contributed by atoms with van der Waals surface area (Å²) in [6.07, 6.45) is 0.143. The standard InChI is InChI=1S/C29H32N4O5S/c1-3-23-17-24-26(39-23)30-29(35-2)33(25-18-36-19-37-25)27(24)31-12-14-32(15-13-31)28(34)20-8-7-11-22(16-20)38-21-9-5-4-6-10-21/h4-11,16-17,25,29H,3,12-15,18-19H2,1-2H3. The van der Waals surface area contributed by atoms with E-state index in [1.165, 1.54) is 4.88 Å². The van der Waals surface area contributed by atoms with Gasteiger partial charge < -0.3 is 28.7 Å². The zero-order valence-corrected chi connectivity index (χ0v) is 22.9. The Balaban J connectivity index is 1.22. The number of para-hydroxylation sites is 1. The molecule has 2 saturated heterocycles. The summed E-state index contributed by atoms with van der Waals surface area (Å²) in [5.41, 5.74) is 0.617. The molecule has 0 bridgehead atoms. The summed E-state index contributed by atoms with van der Waals surface area (Å²) in [4.78, 5) is 25.9. The van der Waals surface area contributed by atoms with E-state index in [9.17, 15) is 4.79 Å². The molecule has 6 rings (SSSR count). The van der Waals surface area contributed by atoms with Crippen LogP contribution < -0.4 is 14.6 Å². The molecule has 10 heteroatoms. The Morgan fingerprint density at radius 2 is 1.85 bits per heavy atom. The van der Waals surface area contributed by atoms with Crippen LogP contribution in [0.4, 0.5) is 0 Å². The van der Waals surface area contributed by atoms with Crippen LogP contribution in [0.15, 0.2) is 65.7 Å². The zero-order chi connectivity index (χ0) is 26.8. The Morgan fingerprint density at radius 3 is 2.56 bits per heavy atom. The molecule has 39 heavy (non-hydrogen) atoms. The molecule has 2 unspecified atom stereocenters. The number of nitrogens with zero attached hydrogens (tertiary/aromatic N) is 4. The largest absolute Gasteiger partial charge is 0.457 e. The number of carbonyl (C=O) groups is 1. The van der Waals surface area contributed by atoms with Crippen molar-refractivity contribution in [2.75, 3.05) is 46.7 Å². The van der Waals surface area contributed by atoms with E-state index in [-0.39, 0.29) is 18.9 Å². The number of aryl methyl sites for hydroxylation is 1. The highest BCUT2D eigenvalue weighted by molar-refractivity contribution is 7.09. The molecule has 0 saturated carbocycles. The molecule has 0 radical (unpaired) electrons. The van der Waals surface area contributed by atoms with Gasteiger partial charge in [-0.2, -0.15) is 0 Å². The maximum absolute atomic E-state index is 13.5. The van der Waals surface area contributed by atoms with Gasteiger partial charge in [0.1, 0.15) is 28.8 Å². The van der Waals surface area contributed by atoms with Crippen LogP contribution in [0.5, 0.6) is 11.5 Å². The highest BCUT2D eigenvalue weighted by Crippen LogP contribution is 2.27. The second kappa shape index (κ2) is 11.4. The third-order valence-corrected chi connectivity index (χ3v) is 8.30. The molecule has 0 aliphatic carbocycles. The SMILES string of the molecule is CCc1cc2c(s1)=NC(OC)N(C1COCO1)C=2N1CCN(C(=O)c2cccc(Oc3ccccc3)c2)CC1. The van der Waals surface area contributed by atoms with Gasteiger partial charge in [-0.3, -0.25) is 9.69 Å². The molecule has 1 amide bonds. The molecular formula is C29H32N4O5S. The number of piperazine rings is 1. The minimum Gasteiger partial charge on any atom is -0.457 e. The predicted molar refractivity (Wildman–Crippen MR) is 147 cm³/mol. The maximum Gasteiger partial charge on any atom is 0.254 e. The van der Waals surface area contributed by atoms with Crippen LogP contribution in [0.1, 0.15) is 22.2 Å². The number of hydrogen-bond donors (Lipinski definition) is 0. The maximum atomic E-state index is 13.5. The minimum absolute atomic E-state index is 0.000415. The number of amides is 1. The van der Waals surface area contributed by atoms with Crippen molar-refractivity contribution in [3.63, 3.8) is 0 Å². The van der Waals surface area contributed by atoms with E-state index in [0.717, 1.165) is 27.9 Å². The molecule has 2 atom stereocenters. The van der Waals surface area contributed by atoms with Crippen LogP contribution in [-0.2, 0) is 20.6 Å². The Labute approximate surface area is 231 Å². The Morgan fingerprint density at radius 1 is 1.05 bits per heavy atom. The highest BCUT2D eigenvalue weighted by atomic mass is 32.1. The van der Waals surface area contributed by atoms with E-state index < -0.39 is 6.35 Å². The second-order valence-corrected chi connectivity index (χ2v) is 10.7. The summed E-state index contributed by atoms with van der Waals surface area (Å²) >= 11 is 1.70. The van der Waals surface area contributed by atoms with Crippen LogP contribution in [0.3, 0.4) is 0 Å². The van der Waals surface area contributed by atoms with Gasteiger partial charge in [0.25, 0.3) is 5.91 Å². The molecule has 4 heterocycles. The van der Waals surface area contributed by atoms with E-state index in [2.05, 4.69) is 22.8 Å². The summed E-state index contributed by atoms with van der Waals surface area (Å²) in [7, 11) is 1.67. The summed E-state index contributed by atoms with van der Waals surface area (Å²) in [5, 5.41) is 1.09. The minimum atomic E-state index is -0.505. The van der Waals surface area contributed by atoms with Crippen molar-refractivity contribution in [1.29, 1.82) is 0 Å². The monoisotopic (exact) mass is 548 g/mol. The van der Waals surface area contributed by atoms with Crippen molar-refractivity contribution in [2.24, 2.45) is 4.99 Å². The van der Waals surface area contributed by atoms with Gasteiger partial charge in [0.05, 0.1) is 11.8 Å². The lowest BCUT2D eigenvalue weighted by Gasteiger charge is -2.44. The summed E-state index contributed by atoms with van der Waals surface area (Å²) in [6, 6.07) is 19.2. The smallest absolute Gasteiger partial charge is 0.254 e. The number of benzene rings is 2. The van der Waals surface area contributed by atoms with Gasteiger partial charge in [-0.05, 0) is 42.8 Å². The highest BCUT2D eigenvalue weighted by Gasteiger charge is 2.38. The van der Waals surface area contributed by atoms with Crippen LogP contribution in [-0.4, -0.2) is 79.9 Å². The molecule has 9 nitrogen and oxygen atoms in total. The number of fused-ring (bicyclic) bond motifs is 1. The van der Waals surface area contributed by atoms with Crippen LogP contribution in [0, 0.1) is 0 Å². The number of rotatable bonds is 7. The lowest BCUT2D eigenvalue weighted by molar-refractivity contribution is -0.0974. The normalized spacial score (nSPS) is 21.1. The molecule has 2 aromatic carbocycles. The summed E-state index contributed by atoms with van der Waals surface area (Å²) in [6.45, 7) is 5.39. The van der Waals surface area contributed by atoms with E-state index in [0.29, 0.717) is 44.1 Å². The van der Waals surface area contributed by atoms with Crippen molar-refractivity contribution >= 4 is 23.1 Å². The lowest BCUT2D eigenvalue weighted by Crippen LogP contribution is -2.58. The van der Waals surface area contributed by atoms with Gasteiger partial charge in [-0.1, -0.05) is 31.2 Å². The molecule has 1 aromatic heterocycles. The fraction of sp³-hybridized carbons (Fsp3) is 0.379. The topological polar surface area (TPSA) is 76.1 Å². The van der Waals surface area contributed by atoms with Crippen molar-refractivity contribution in [2.45, 2.75) is 25.9 Å². The molecule has 2 fully saturated rings. The lowest BCUT2D eigenvalue weighted by atomic mass is 10.1. The first kappa shape index (κ1) is 25.8. The van der Waals surface area contributed by atoms with E-state index in [1.54, 1.807) is 18.4 Å². The van der Waals surface area contributed by atoms with E-state index in [1.807, 2.05) is 59.5 Å². The number of ether oxygens (including phenoxy) is 4. The van der Waals surface area contributed by atoms with Gasteiger partial charge >= 0.3 is 0 Å². The third kappa shape index (κ3) is 5.25. The number of thiophene rings is 1. The summed E-state index contributed by atoms with van der Waals surface area (Å²) in [5.74, 6) is 2.41. The molecule has 0 N–H and O–H groups in total. The predicted octanol–water partition coefficient (Wildman–Crippen LogP) is 2.82. The average molecular weight is 549 g/mol. The van der Waals surface area contributed by atoms with E-state index >= 15 is 0 Å². The van der Waals surface area contributed by atoms with Gasteiger partial charge in [0.2, 0.25) is 6.35 Å². The van der Waals surface area contributed by atoms with Crippen molar-refractivity contribution < 1.29 is 23.7 Å². The number of hydrogen-bond acceptors (Lipinski definition) is 9.